The molecule has 4 rings (SSSR count). The summed E-state index contributed by atoms with van der Waals surface area (Å²) < 4.78 is 12.2. The van der Waals surface area contributed by atoms with Gasteiger partial charge in [0.05, 0.1) is 6.67 Å². The van der Waals surface area contributed by atoms with Crippen LogP contribution in [0.25, 0.3) is 0 Å². The molecule has 0 heterocycles. The predicted molar refractivity (Wildman–Crippen MR) is 173 cm³/mol. The zero-order valence-corrected chi connectivity index (χ0v) is 26.5. The van der Waals surface area contributed by atoms with Crippen LogP contribution in [0, 0.1) is 29.6 Å². The Morgan fingerprint density at radius 1 is 0.525 bits per heavy atom. The first-order valence-electron chi connectivity index (χ1n) is 18.4. The van der Waals surface area contributed by atoms with Gasteiger partial charge in [-0.05, 0) is 130 Å². The fourth-order valence-corrected chi connectivity index (χ4v) is 9.08. The van der Waals surface area contributed by atoms with E-state index in [0.717, 1.165) is 48.3 Å². The van der Waals surface area contributed by atoms with Crippen LogP contribution >= 0.6 is 0 Å². The number of unbranched alkanes of at least 4 members (excludes halogenated alkanes) is 9. The minimum absolute atomic E-state index is 0.124. The van der Waals surface area contributed by atoms with E-state index in [0.29, 0.717) is 0 Å². The summed E-state index contributed by atoms with van der Waals surface area (Å²) >= 11 is 0. The van der Waals surface area contributed by atoms with Gasteiger partial charge in [-0.25, -0.2) is 0 Å². The summed E-state index contributed by atoms with van der Waals surface area (Å²) in [4.78, 5) is 0. The van der Waals surface area contributed by atoms with Gasteiger partial charge in [0, 0.05) is 0 Å². The van der Waals surface area contributed by atoms with E-state index in [1.165, 1.54) is 135 Å². The summed E-state index contributed by atoms with van der Waals surface area (Å²) in [5, 5.41) is 0. The molecule has 0 radical (unpaired) electrons. The minimum atomic E-state index is -0.124. The number of aryl methyl sites for hydroxylation is 1. The second-order valence-corrected chi connectivity index (χ2v) is 14.6. The lowest BCUT2D eigenvalue weighted by Gasteiger charge is -2.41. The Hall–Kier alpha value is -0.850. The molecule has 228 valence electrons. The molecule has 0 bridgehead atoms. The van der Waals surface area contributed by atoms with Crippen molar-refractivity contribution in [1.29, 1.82) is 0 Å². The molecule has 3 fully saturated rings. The van der Waals surface area contributed by atoms with Gasteiger partial charge >= 0.3 is 0 Å². The highest BCUT2D eigenvalue weighted by Crippen LogP contribution is 2.47. The van der Waals surface area contributed by atoms with Crippen LogP contribution in [-0.4, -0.2) is 6.67 Å². The fourth-order valence-electron chi connectivity index (χ4n) is 9.08. The topological polar surface area (TPSA) is 0 Å². The first kappa shape index (κ1) is 32.1. The third kappa shape index (κ3) is 10.8. The van der Waals surface area contributed by atoms with Crippen LogP contribution in [0.15, 0.2) is 24.3 Å². The molecule has 1 aromatic rings. The van der Waals surface area contributed by atoms with Gasteiger partial charge in [-0.15, -0.1) is 0 Å². The standard InChI is InChI=1S/C39H65F/c1-2-3-4-7-10-13-32-15-19-34(20-16-32)36-23-27-38(28-24-36)39-29-25-37(26-30-39)35-21-17-33(18-22-35)14-11-8-5-6-9-12-31-40/h15-16,19-20,33,35-39H,2-14,17-18,21-31H2,1H3/t33-,35-,36?,37?,38?,39?. The summed E-state index contributed by atoms with van der Waals surface area (Å²) in [6, 6.07) is 9.83. The maximum Gasteiger partial charge on any atom is 0.0894 e. The highest BCUT2D eigenvalue weighted by atomic mass is 19.1. The lowest BCUT2D eigenvalue weighted by Crippen LogP contribution is -2.29. The Kier molecular flexibility index (Phi) is 14.9. The van der Waals surface area contributed by atoms with Gasteiger partial charge in [0.15, 0.2) is 0 Å². The molecule has 0 N–H and O–H groups in total. The average molecular weight is 553 g/mol. The van der Waals surface area contributed by atoms with Crippen LogP contribution in [0.1, 0.15) is 178 Å². The van der Waals surface area contributed by atoms with Gasteiger partial charge in [0.2, 0.25) is 0 Å². The predicted octanol–water partition coefficient (Wildman–Crippen LogP) is 12.8. The summed E-state index contributed by atoms with van der Waals surface area (Å²) in [7, 11) is 0. The highest BCUT2D eigenvalue weighted by Gasteiger charge is 2.34. The first-order valence-corrected chi connectivity index (χ1v) is 18.4. The highest BCUT2D eigenvalue weighted by molar-refractivity contribution is 5.26. The van der Waals surface area contributed by atoms with Crippen LogP contribution in [0.4, 0.5) is 4.39 Å². The minimum Gasteiger partial charge on any atom is -0.251 e. The number of halogens is 1. The van der Waals surface area contributed by atoms with Crippen molar-refractivity contribution in [3.05, 3.63) is 35.4 Å². The van der Waals surface area contributed by atoms with Crippen LogP contribution in [0.5, 0.6) is 0 Å². The average Bonchev–Trinajstić information content (AvgIpc) is 3.01. The van der Waals surface area contributed by atoms with Crippen molar-refractivity contribution < 1.29 is 4.39 Å². The van der Waals surface area contributed by atoms with Crippen molar-refractivity contribution in [2.24, 2.45) is 29.6 Å². The largest absolute Gasteiger partial charge is 0.251 e. The molecule has 0 saturated heterocycles. The van der Waals surface area contributed by atoms with Gasteiger partial charge in [0.1, 0.15) is 0 Å². The maximum absolute atomic E-state index is 12.2. The number of hydrogen-bond donors (Lipinski definition) is 0. The Bertz CT molecular complexity index is 743. The zero-order chi connectivity index (χ0) is 27.8. The molecule has 0 spiro atoms. The first-order chi connectivity index (χ1) is 19.8. The smallest absolute Gasteiger partial charge is 0.0894 e. The van der Waals surface area contributed by atoms with Gasteiger partial charge < -0.3 is 0 Å². The third-order valence-electron chi connectivity index (χ3n) is 11.8. The second-order valence-electron chi connectivity index (χ2n) is 14.6. The summed E-state index contributed by atoms with van der Waals surface area (Å²) in [5.41, 5.74) is 3.18. The summed E-state index contributed by atoms with van der Waals surface area (Å²) in [6.45, 7) is 2.18. The zero-order valence-electron chi connectivity index (χ0n) is 26.5. The quantitative estimate of drug-likeness (QED) is 0.169. The van der Waals surface area contributed by atoms with Crippen molar-refractivity contribution in [3.8, 4) is 0 Å². The lowest BCUT2D eigenvalue weighted by molar-refractivity contribution is 0.108. The van der Waals surface area contributed by atoms with Crippen molar-refractivity contribution >= 4 is 0 Å². The van der Waals surface area contributed by atoms with E-state index < -0.39 is 0 Å². The van der Waals surface area contributed by atoms with E-state index in [4.69, 9.17) is 0 Å². The van der Waals surface area contributed by atoms with Crippen LogP contribution in [0.2, 0.25) is 0 Å². The molecule has 0 unspecified atom stereocenters. The van der Waals surface area contributed by atoms with Gasteiger partial charge in [-0.3, -0.25) is 4.39 Å². The van der Waals surface area contributed by atoms with Crippen LogP contribution < -0.4 is 0 Å². The van der Waals surface area contributed by atoms with Gasteiger partial charge in [0.25, 0.3) is 0 Å². The Balaban J connectivity index is 1.06. The molecule has 3 aliphatic rings. The molecule has 3 aliphatic carbocycles. The second kappa shape index (κ2) is 18.6. The maximum atomic E-state index is 12.2. The van der Waals surface area contributed by atoms with Crippen molar-refractivity contribution in [3.63, 3.8) is 0 Å². The van der Waals surface area contributed by atoms with Gasteiger partial charge in [-0.1, -0.05) is 108 Å². The number of alkyl halides is 1. The van der Waals surface area contributed by atoms with E-state index in [9.17, 15) is 4.39 Å². The van der Waals surface area contributed by atoms with E-state index in [-0.39, 0.29) is 6.67 Å². The number of rotatable bonds is 17. The van der Waals surface area contributed by atoms with Crippen LogP contribution in [0.3, 0.4) is 0 Å². The molecule has 1 heteroatoms. The normalized spacial score (nSPS) is 29.4. The molecule has 0 aromatic heterocycles. The van der Waals surface area contributed by atoms with Crippen molar-refractivity contribution in [1.82, 2.24) is 0 Å². The molecule has 0 atom stereocenters. The number of hydrogen-bond acceptors (Lipinski definition) is 0. The van der Waals surface area contributed by atoms with E-state index in [1.807, 2.05) is 0 Å². The SMILES string of the molecule is CCCCCCCc1ccc(C2CCC(C3CCC([C@H]4CC[C@H](CCCCCCCCF)CC4)CC3)CC2)cc1. The molecule has 3 saturated carbocycles. The molecule has 1 aromatic carbocycles. The summed E-state index contributed by atoms with van der Waals surface area (Å²) in [5.74, 6) is 5.99. The Labute approximate surface area is 249 Å². The molecule has 40 heavy (non-hydrogen) atoms. The van der Waals surface area contributed by atoms with Gasteiger partial charge in [-0.2, -0.15) is 0 Å². The monoisotopic (exact) mass is 553 g/mol. The molecule has 0 nitrogen and oxygen atoms in total. The third-order valence-corrected chi connectivity index (χ3v) is 11.8. The van der Waals surface area contributed by atoms with Crippen molar-refractivity contribution in [2.45, 2.75) is 173 Å². The molecule has 0 aliphatic heterocycles. The van der Waals surface area contributed by atoms with Crippen LogP contribution in [-0.2, 0) is 6.42 Å². The Morgan fingerprint density at radius 3 is 1.57 bits per heavy atom. The molecular weight excluding hydrogens is 487 g/mol. The molecule has 0 amide bonds. The number of benzene rings is 1. The lowest BCUT2D eigenvalue weighted by atomic mass is 9.64. The van der Waals surface area contributed by atoms with Crippen molar-refractivity contribution in [2.75, 3.05) is 6.67 Å². The van der Waals surface area contributed by atoms with E-state index in [1.54, 1.807) is 24.0 Å². The molecular formula is C39H65F. The van der Waals surface area contributed by atoms with E-state index >= 15 is 0 Å². The van der Waals surface area contributed by atoms with E-state index in [2.05, 4.69) is 31.2 Å². The summed E-state index contributed by atoms with van der Waals surface area (Å²) in [6.07, 6.45) is 35.0. The Morgan fingerprint density at radius 2 is 1.00 bits per heavy atom. The fraction of sp³-hybridized carbons (Fsp3) is 0.846.